The van der Waals surface area contributed by atoms with Crippen LogP contribution in [-0.4, -0.2) is 63.2 Å². The molecular formula is C46H39N5O6S. The molecule has 0 saturated carbocycles. The van der Waals surface area contributed by atoms with Crippen molar-refractivity contribution in [2.45, 2.75) is 12.1 Å². The van der Waals surface area contributed by atoms with Crippen LogP contribution >= 0.6 is 12.2 Å². The summed E-state index contributed by atoms with van der Waals surface area (Å²) in [6, 6.07) is 40.4. The molecule has 5 aromatic rings. The van der Waals surface area contributed by atoms with E-state index in [-0.39, 0.29) is 40.5 Å². The highest BCUT2D eigenvalue weighted by Crippen LogP contribution is 2.42. The van der Waals surface area contributed by atoms with Gasteiger partial charge >= 0.3 is 5.97 Å². The number of aromatic carboxylic acids is 1. The van der Waals surface area contributed by atoms with Crippen molar-refractivity contribution in [1.29, 1.82) is 0 Å². The summed E-state index contributed by atoms with van der Waals surface area (Å²) in [5.41, 5.74) is 11.1. The molecule has 1 fully saturated rings. The third-order valence-electron chi connectivity index (χ3n) is 10.5. The minimum Gasteiger partial charge on any atom is -0.508 e. The predicted octanol–water partition coefficient (Wildman–Crippen LogP) is 7.78. The number of hydrogen-bond donors (Lipinski definition) is 5. The zero-order valence-electron chi connectivity index (χ0n) is 31.2. The third-order valence-corrected chi connectivity index (χ3v) is 10.9. The van der Waals surface area contributed by atoms with Gasteiger partial charge in [-0.25, -0.2) is 4.79 Å². The lowest BCUT2D eigenvalue weighted by atomic mass is 9.90. The molecule has 0 bridgehead atoms. The van der Waals surface area contributed by atoms with Crippen LogP contribution in [0.25, 0.3) is 33.4 Å². The second-order valence-electron chi connectivity index (χ2n) is 14.2. The molecule has 1 aliphatic carbocycles. The highest BCUT2D eigenvalue weighted by Gasteiger charge is 2.34. The van der Waals surface area contributed by atoms with Crippen LogP contribution in [0.3, 0.4) is 0 Å². The number of piperazine rings is 1. The third kappa shape index (κ3) is 7.83. The number of nitrogens with zero attached hydrogens (tertiary/aromatic N) is 2. The number of benzene rings is 6. The zero-order chi connectivity index (χ0) is 40.3. The number of rotatable bonds is 9. The van der Waals surface area contributed by atoms with Crippen molar-refractivity contribution in [3.05, 3.63) is 172 Å². The van der Waals surface area contributed by atoms with Crippen molar-refractivity contribution in [3.63, 3.8) is 0 Å². The number of carbonyl (C=O) groups is 2. The minimum atomic E-state index is -1.15. The lowest BCUT2D eigenvalue weighted by Gasteiger charge is -2.43. The average Bonchev–Trinajstić information content (AvgIpc) is 3.23. The molecule has 290 valence electrons. The molecule has 2 aliphatic heterocycles. The number of nitrogens with two attached hydrogens (primary N) is 1. The summed E-state index contributed by atoms with van der Waals surface area (Å²) in [5, 5.41) is 28.3. The van der Waals surface area contributed by atoms with Gasteiger partial charge in [-0.1, -0.05) is 66.7 Å². The first-order valence-electron chi connectivity index (χ1n) is 18.8. The Kier molecular flexibility index (Phi) is 10.6. The number of hydrogen-bond acceptors (Lipinski definition) is 8. The molecule has 6 N–H and O–H groups in total. The van der Waals surface area contributed by atoms with Crippen molar-refractivity contribution >= 4 is 51.6 Å². The first-order valence-corrected chi connectivity index (χ1v) is 19.2. The summed E-state index contributed by atoms with van der Waals surface area (Å²) in [4.78, 5) is 43.2. The molecule has 12 heteroatoms. The van der Waals surface area contributed by atoms with Crippen LogP contribution in [-0.2, 0) is 0 Å². The highest BCUT2D eigenvalue weighted by atomic mass is 32.1. The summed E-state index contributed by atoms with van der Waals surface area (Å²) in [6.07, 6.45) is 0. The van der Waals surface area contributed by atoms with Crippen LogP contribution in [0.5, 0.6) is 5.75 Å². The van der Waals surface area contributed by atoms with Crippen LogP contribution in [0, 0.1) is 0 Å². The van der Waals surface area contributed by atoms with Gasteiger partial charge in [0.1, 0.15) is 17.1 Å². The van der Waals surface area contributed by atoms with E-state index in [1.54, 1.807) is 54.6 Å². The monoisotopic (exact) mass is 789 g/mol. The smallest absolute Gasteiger partial charge is 0.336 e. The number of anilines is 2. The van der Waals surface area contributed by atoms with Crippen LogP contribution in [0.15, 0.2) is 149 Å². The fourth-order valence-electron chi connectivity index (χ4n) is 7.70. The Morgan fingerprint density at radius 1 is 0.759 bits per heavy atom. The number of aromatic hydroxyl groups is 1. The van der Waals surface area contributed by atoms with E-state index in [2.05, 4.69) is 32.6 Å². The molecule has 3 aliphatic rings. The molecule has 8 rings (SSSR count). The number of amides is 1. The molecular weight excluding hydrogens is 751 g/mol. The lowest BCUT2D eigenvalue weighted by molar-refractivity contribution is 0.0697. The maximum absolute atomic E-state index is 13.7. The summed E-state index contributed by atoms with van der Waals surface area (Å²) >= 11 is 5.91. The van der Waals surface area contributed by atoms with Gasteiger partial charge < -0.3 is 35.9 Å². The van der Waals surface area contributed by atoms with Gasteiger partial charge in [0.25, 0.3) is 5.91 Å². The van der Waals surface area contributed by atoms with Gasteiger partial charge in [0.15, 0.2) is 10.5 Å². The van der Waals surface area contributed by atoms with Crippen molar-refractivity contribution in [2.75, 3.05) is 37.2 Å². The number of phenolic OH excluding ortho intramolecular Hbond substituents is 1. The topological polar surface area (TPSA) is 161 Å². The Morgan fingerprint density at radius 3 is 2.12 bits per heavy atom. The number of fused-ring (bicyclic) bond motifs is 2. The molecule has 1 amide bonds. The maximum Gasteiger partial charge on any atom is 0.336 e. The summed E-state index contributed by atoms with van der Waals surface area (Å²) in [7, 11) is 0. The van der Waals surface area contributed by atoms with Gasteiger partial charge in [-0.3, -0.25) is 14.5 Å². The van der Waals surface area contributed by atoms with Gasteiger partial charge in [0.2, 0.25) is 0 Å². The Labute approximate surface area is 339 Å². The maximum atomic E-state index is 13.7. The van der Waals surface area contributed by atoms with Gasteiger partial charge in [0, 0.05) is 71.8 Å². The van der Waals surface area contributed by atoms with E-state index in [0.717, 1.165) is 11.1 Å². The molecule has 2 atom stereocenters. The molecule has 0 spiro atoms. The largest absolute Gasteiger partial charge is 0.508 e. The van der Waals surface area contributed by atoms with E-state index >= 15 is 0 Å². The van der Waals surface area contributed by atoms with Gasteiger partial charge in [-0.15, -0.1) is 0 Å². The Morgan fingerprint density at radius 2 is 1.43 bits per heavy atom. The Bertz CT molecular complexity index is 2660. The standard InChI is InChI=1S/C46H39N5O6S/c47-31-13-11-30(12-14-31)44(54)49-42(28-7-3-1-4-8-28)43(29-9-5-2-6-10-29)50-21-23-51(24-22-50)46(58)48-32-15-18-35(38(25-32)45(55)56)41-36-19-16-33(52)26-39(36)57-40-27-34(53)17-20-37(40)41/h1-20,25-27,42-43,52H,21-24,47H2,(H,48,58)(H,49,54)(H,55,56)/t42?,43-/m0/s1. The van der Waals surface area contributed by atoms with E-state index < -0.39 is 5.97 Å². The van der Waals surface area contributed by atoms with Crippen LogP contribution < -0.4 is 21.8 Å². The SMILES string of the molecule is Nc1ccc(C(=O)NC(c2ccccc2)[C@H](c2ccccc2)N2CCN(C(=S)Nc3ccc(-c4c5ccc(=O)cc-5oc5cc(O)ccc45)c(C(=O)O)c3)CC2)cc1. The van der Waals surface area contributed by atoms with E-state index in [0.29, 0.717) is 75.9 Å². The van der Waals surface area contributed by atoms with Crippen molar-refractivity contribution in [2.24, 2.45) is 0 Å². The molecule has 1 unspecified atom stereocenters. The van der Waals surface area contributed by atoms with Crippen molar-refractivity contribution in [3.8, 4) is 28.2 Å². The van der Waals surface area contributed by atoms with E-state index in [4.69, 9.17) is 22.4 Å². The van der Waals surface area contributed by atoms with Gasteiger partial charge in [-0.05, 0) is 89.6 Å². The first kappa shape index (κ1) is 37.9. The number of carboxylic acids is 1. The Balaban J connectivity index is 1.04. The lowest BCUT2D eigenvalue weighted by Crippen LogP contribution is -2.52. The average molecular weight is 790 g/mol. The number of carbonyl (C=O) groups excluding carboxylic acids is 1. The molecule has 0 aromatic heterocycles. The van der Waals surface area contributed by atoms with Crippen LogP contribution in [0.2, 0.25) is 0 Å². The first-order chi connectivity index (χ1) is 28.1. The van der Waals surface area contributed by atoms with E-state index in [1.165, 1.54) is 24.3 Å². The van der Waals surface area contributed by atoms with Crippen LogP contribution in [0.4, 0.5) is 11.4 Å². The normalized spacial score (nSPS) is 14.2. The highest BCUT2D eigenvalue weighted by molar-refractivity contribution is 7.80. The summed E-state index contributed by atoms with van der Waals surface area (Å²) in [6.45, 7) is 2.40. The number of phenols is 1. The summed E-state index contributed by atoms with van der Waals surface area (Å²) < 4.78 is 5.97. The van der Waals surface area contributed by atoms with Crippen molar-refractivity contribution in [1.82, 2.24) is 15.1 Å². The fourth-order valence-corrected chi connectivity index (χ4v) is 8.00. The number of nitrogens with one attached hydrogen (secondary N) is 2. The number of nitrogen functional groups attached to an aromatic ring is 1. The second kappa shape index (κ2) is 16.2. The van der Waals surface area contributed by atoms with E-state index in [1.807, 2.05) is 48.5 Å². The van der Waals surface area contributed by atoms with Gasteiger partial charge in [0.05, 0.1) is 17.6 Å². The van der Waals surface area contributed by atoms with Crippen LogP contribution in [0.1, 0.15) is 43.9 Å². The van der Waals surface area contributed by atoms with E-state index in [9.17, 15) is 24.6 Å². The second-order valence-corrected chi connectivity index (χ2v) is 14.6. The van der Waals surface area contributed by atoms with Crippen molar-refractivity contribution < 1.29 is 24.2 Å². The predicted molar refractivity (Wildman–Crippen MR) is 229 cm³/mol. The molecule has 11 nitrogen and oxygen atoms in total. The fraction of sp³-hybridized carbons (Fsp3) is 0.130. The summed E-state index contributed by atoms with van der Waals surface area (Å²) in [5.74, 6) is -1.11. The minimum absolute atomic E-state index is 0.0179. The van der Waals surface area contributed by atoms with Gasteiger partial charge in [-0.2, -0.15) is 0 Å². The zero-order valence-corrected chi connectivity index (χ0v) is 32.0. The molecule has 0 radical (unpaired) electrons. The molecule has 5 aromatic carbocycles. The Hall–Kier alpha value is -7.02. The number of carboxylic acid groups (broad SMARTS) is 1. The molecule has 58 heavy (non-hydrogen) atoms. The number of thiocarbonyl (C=S) groups is 1. The molecule has 1 saturated heterocycles. The molecule has 2 heterocycles. The quantitative estimate of drug-likeness (QED) is 0.0552.